The maximum atomic E-state index is 13.7. The number of thioether (sulfide) groups is 1. The van der Waals surface area contributed by atoms with Crippen molar-refractivity contribution in [2.24, 2.45) is 34.0 Å². The molecule has 2 N–H and O–H groups in total. The van der Waals surface area contributed by atoms with E-state index in [0.29, 0.717) is 25.1 Å². The smallest absolute Gasteiger partial charge is 0.316 e. The van der Waals surface area contributed by atoms with Crippen LogP contribution in [0, 0.1) is 34.0 Å². The van der Waals surface area contributed by atoms with Gasteiger partial charge in [-0.3, -0.25) is 19.3 Å². The van der Waals surface area contributed by atoms with Gasteiger partial charge in [0.2, 0.25) is 5.91 Å². The molecule has 3 aliphatic carbocycles. The van der Waals surface area contributed by atoms with Crippen LogP contribution in [0.2, 0.25) is 0 Å². The molecule has 3 fully saturated rings. The molecule has 0 unspecified atom stereocenters. The number of rotatable bonds is 12. The number of ether oxygens (including phenoxy) is 1. The Morgan fingerprint density at radius 2 is 1.94 bits per heavy atom. The number of anilines is 1. The Morgan fingerprint density at radius 1 is 1.21 bits per heavy atom. The normalized spacial score (nSPS) is 33.1. The molecule has 0 radical (unpaired) electrons. The summed E-state index contributed by atoms with van der Waals surface area (Å²) in [7, 11) is 0. The van der Waals surface area contributed by atoms with Crippen molar-refractivity contribution in [3.63, 3.8) is 0 Å². The number of para-hydroxylation sites is 1. The second-order valence-corrected chi connectivity index (χ2v) is 15.8. The number of aromatic nitrogens is 3. The topological polar surface area (TPSA) is 127 Å². The highest BCUT2D eigenvalue weighted by molar-refractivity contribution is 8.00. The molecule has 48 heavy (non-hydrogen) atoms. The van der Waals surface area contributed by atoms with Crippen LogP contribution >= 0.6 is 11.8 Å². The predicted octanol–water partition coefficient (Wildman–Crippen LogP) is 5.76. The molecule has 0 spiro atoms. The first-order chi connectivity index (χ1) is 22.8. The number of hydrogen-bond donors (Lipinski definition) is 2. The average Bonchev–Trinajstić information content (AvgIpc) is 3.67. The number of benzene rings is 1. The highest BCUT2D eigenvalue weighted by atomic mass is 32.2. The van der Waals surface area contributed by atoms with Crippen molar-refractivity contribution in [1.82, 2.24) is 19.9 Å². The largest absolute Gasteiger partial charge is 0.461 e. The van der Waals surface area contributed by atoms with Crippen molar-refractivity contribution < 1.29 is 24.2 Å². The lowest BCUT2D eigenvalue weighted by Gasteiger charge is -2.61. The SMILES string of the molecule is C=C[C@]1(C)C[C@@H](OC(=O)CSc2ccccc2NC(=O)Cn2cc(CN(CC)CC)nn2)[C@]2(C)[C@H](C)CC[C@]3(CCC(=O)[C@H]32)[C@@H](C)[C@@H]1O. The first kappa shape index (κ1) is 36.3. The molecular weight excluding hydrogens is 627 g/mol. The standard InChI is InChI=1S/C37H53N5O5S/c1-8-35(6)19-30(36(7)24(4)15-17-37(25(5)34(35)46)18-16-28(43)33(36)37)47-32(45)23-48-29-14-12-11-13-27(29)38-31(44)22-42-21-26(39-40-42)20-41(9-2)10-3/h8,11-14,21,24-25,30,33-34,46H,1,9-10,15-20,22-23H2,2-7H3,(H,38,44)/t24-,25+,30-,33+,34+,35-,36+,37+/m1/s1. The van der Waals surface area contributed by atoms with Crippen LogP contribution in [-0.2, 0) is 32.2 Å². The number of nitrogens with one attached hydrogen (secondary N) is 1. The van der Waals surface area contributed by atoms with Crippen LogP contribution in [-0.4, -0.2) is 73.7 Å². The fraction of sp³-hybridized carbons (Fsp3) is 0.649. The molecule has 8 atom stereocenters. The summed E-state index contributed by atoms with van der Waals surface area (Å²) >= 11 is 1.30. The molecule has 11 heteroatoms. The maximum absolute atomic E-state index is 13.7. The minimum atomic E-state index is -0.709. The molecule has 1 amide bonds. The van der Waals surface area contributed by atoms with Crippen molar-refractivity contribution >= 4 is 35.1 Å². The van der Waals surface area contributed by atoms with Crippen LogP contribution in [0.5, 0.6) is 0 Å². The predicted molar refractivity (Wildman–Crippen MR) is 187 cm³/mol. The van der Waals surface area contributed by atoms with Crippen molar-refractivity contribution in [3.05, 3.63) is 48.8 Å². The van der Waals surface area contributed by atoms with Gasteiger partial charge in [-0.1, -0.05) is 65.0 Å². The molecule has 1 aromatic heterocycles. The van der Waals surface area contributed by atoms with Crippen LogP contribution in [0.25, 0.3) is 0 Å². The number of hydrogen-bond acceptors (Lipinski definition) is 9. The van der Waals surface area contributed by atoms with Crippen LogP contribution in [0.15, 0.2) is 48.0 Å². The van der Waals surface area contributed by atoms with Gasteiger partial charge in [-0.2, -0.15) is 0 Å². The number of aliphatic hydroxyl groups is 1. The Morgan fingerprint density at radius 3 is 2.65 bits per heavy atom. The van der Waals surface area contributed by atoms with Gasteiger partial charge < -0.3 is 15.2 Å². The van der Waals surface area contributed by atoms with E-state index in [1.165, 1.54) is 16.4 Å². The number of nitrogens with zero attached hydrogens (tertiary/aromatic N) is 4. The van der Waals surface area contributed by atoms with Crippen molar-refractivity contribution in [2.75, 3.05) is 24.2 Å². The highest BCUT2D eigenvalue weighted by Crippen LogP contribution is 2.68. The number of carbonyl (C=O) groups is 3. The van der Waals surface area contributed by atoms with Crippen LogP contribution in [0.3, 0.4) is 0 Å². The Kier molecular flexibility index (Phi) is 10.9. The molecule has 1 aromatic carbocycles. The van der Waals surface area contributed by atoms with Crippen LogP contribution in [0.1, 0.15) is 79.3 Å². The quantitative estimate of drug-likeness (QED) is 0.164. The Labute approximate surface area is 289 Å². The minimum Gasteiger partial charge on any atom is -0.461 e. The molecule has 3 saturated carbocycles. The first-order valence-corrected chi connectivity index (χ1v) is 18.5. The maximum Gasteiger partial charge on any atom is 0.316 e. The summed E-state index contributed by atoms with van der Waals surface area (Å²) in [6.07, 6.45) is 5.79. The van der Waals surface area contributed by atoms with Crippen LogP contribution < -0.4 is 5.32 Å². The summed E-state index contributed by atoms with van der Waals surface area (Å²) in [5.41, 5.74) is -0.170. The van der Waals surface area contributed by atoms with Gasteiger partial charge in [-0.15, -0.1) is 23.4 Å². The third-order valence-electron chi connectivity index (χ3n) is 12.3. The highest BCUT2D eigenvalue weighted by Gasteiger charge is 2.68. The third kappa shape index (κ3) is 6.74. The van der Waals surface area contributed by atoms with E-state index in [9.17, 15) is 19.5 Å². The van der Waals surface area contributed by atoms with Gasteiger partial charge in [-0.05, 0) is 68.2 Å². The summed E-state index contributed by atoms with van der Waals surface area (Å²) in [5, 5.41) is 23.1. The Bertz CT molecular complexity index is 1510. The molecule has 2 bridgehead atoms. The lowest BCUT2D eigenvalue weighted by molar-refractivity contribution is -0.205. The monoisotopic (exact) mass is 679 g/mol. The molecule has 1 heterocycles. The fourth-order valence-electron chi connectivity index (χ4n) is 9.03. The van der Waals surface area contributed by atoms with Gasteiger partial charge in [0, 0.05) is 34.6 Å². The number of aliphatic hydroxyl groups excluding tert-OH is 1. The summed E-state index contributed by atoms with van der Waals surface area (Å²) < 4.78 is 7.94. The molecule has 0 saturated heterocycles. The molecule has 3 aliphatic rings. The number of ketones is 1. The lowest BCUT2D eigenvalue weighted by Crippen LogP contribution is -2.63. The summed E-state index contributed by atoms with van der Waals surface area (Å²) in [6, 6.07) is 7.37. The van der Waals surface area contributed by atoms with Gasteiger partial charge in [-0.25, -0.2) is 4.68 Å². The summed E-state index contributed by atoms with van der Waals surface area (Å²) in [5.74, 6) is -0.572. The van der Waals surface area contributed by atoms with Crippen molar-refractivity contribution in [1.29, 1.82) is 0 Å². The van der Waals surface area contributed by atoms with Crippen molar-refractivity contribution in [3.8, 4) is 0 Å². The van der Waals surface area contributed by atoms with E-state index < -0.39 is 23.0 Å². The Balaban J connectivity index is 1.29. The van der Waals surface area contributed by atoms with Crippen LogP contribution in [0.4, 0.5) is 5.69 Å². The Hall–Kier alpha value is -3.02. The zero-order chi connectivity index (χ0) is 34.9. The second kappa shape index (κ2) is 14.5. The van der Waals surface area contributed by atoms with E-state index in [0.717, 1.165) is 42.9 Å². The van der Waals surface area contributed by atoms with E-state index in [1.54, 1.807) is 6.20 Å². The first-order valence-electron chi connectivity index (χ1n) is 17.5. The zero-order valence-electron chi connectivity index (χ0n) is 29.4. The van der Waals surface area contributed by atoms with Gasteiger partial charge in [0.1, 0.15) is 18.4 Å². The number of amides is 1. The van der Waals surface area contributed by atoms with E-state index in [2.05, 4.69) is 61.7 Å². The lowest BCUT2D eigenvalue weighted by atomic mass is 9.44. The van der Waals surface area contributed by atoms with Crippen molar-refractivity contribution in [2.45, 2.75) is 104 Å². The van der Waals surface area contributed by atoms with E-state index in [4.69, 9.17) is 4.74 Å². The molecule has 262 valence electrons. The van der Waals surface area contributed by atoms with E-state index in [-0.39, 0.29) is 53.1 Å². The summed E-state index contributed by atoms with van der Waals surface area (Å²) in [6.45, 7) is 19.2. The molecule has 0 aliphatic heterocycles. The number of esters is 1. The molecular formula is C37H53N5O5S. The minimum absolute atomic E-state index is 0.0126. The van der Waals surface area contributed by atoms with Gasteiger partial charge in [0.25, 0.3) is 0 Å². The van der Waals surface area contributed by atoms with Gasteiger partial charge >= 0.3 is 5.97 Å². The summed E-state index contributed by atoms with van der Waals surface area (Å²) in [4.78, 5) is 43.3. The average molecular weight is 680 g/mol. The number of Topliss-reactive ketones (excluding diaryl/α,β-unsaturated/α-hetero) is 1. The van der Waals surface area contributed by atoms with E-state index >= 15 is 0 Å². The second-order valence-electron chi connectivity index (χ2n) is 14.8. The van der Waals surface area contributed by atoms with Gasteiger partial charge in [0.15, 0.2) is 0 Å². The van der Waals surface area contributed by atoms with Gasteiger partial charge in [0.05, 0.1) is 29.4 Å². The number of carbonyl (C=O) groups excluding carboxylic acids is 3. The molecule has 10 nitrogen and oxygen atoms in total. The fourth-order valence-corrected chi connectivity index (χ4v) is 9.82. The third-order valence-corrected chi connectivity index (χ3v) is 13.3. The molecule has 2 aromatic rings. The molecule has 5 rings (SSSR count). The zero-order valence-corrected chi connectivity index (χ0v) is 30.2. The van der Waals surface area contributed by atoms with E-state index in [1.807, 2.05) is 37.3 Å².